The third-order valence-electron chi connectivity index (χ3n) is 1.84. The van der Waals surface area contributed by atoms with Crippen LogP contribution in [-0.4, -0.2) is 20.9 Å². The third-order valence-corrected chi connectivity index (χ3v) is 1.84. The lowest BCUT2D eigenvalue weighted by molar-refractivity contribution is 0.0946. The van der Waals surface area contributed by atoms with E-state index in [4.69, 9.17) is 0 Å². The monoisotopic (exact) mass is 190 g/mol. The van der Waals surface area contributed by atoms with Crippen molar-refractivity contribution in [1.82, 2.24) is 20.3 Å². The van der Waals surface area contributed by atoms with Crippen LogP contribution in [0.5, 0.6) is 0 Å². The van der Waals surface area contributed by atoms with E-state index in [2.05, 4.69) is 20.3 Å². The Balaban J connectivity index is 1.90. The highest BCUT2D eigenvalue weighted by Crippen LogP contribution is 1.95. The molecule has 0 saturated heterocycles. The maximum absolute atomic E-state index is 11.4. The first-order chi connectivity index (χ1) is 6.86. The zero-order valence-corrected chi connectivity index (χ0v) is 7.45. The summed E-state index contributed by atoms with van der Waals surface area (Å²) in [5, 5.41) is 2.75. The molecule has 0 spiro atoms. The molecule has 5 nitrogen and oxygen atoms in total. The standard InChI is InChI=1S/C9H10N4O/c14-9(8-2-1-3-11-8)12-5-7-4-10-6-13-7/h1-4,6,11H,5H2,(H,10,13)(H,12,14). The van der Waals surface area contributed by atoms with Crippen molar-refractivity contribution in [2.24, 2.45) is 0 Å². The lowest BCUT2D eigenvalue weighted by Crippen LogP contribution is -2.23. The second-order valence-electron chi connectivity index (χ2n) is 2.84. The minimum Gasteiger partial charge on any atom is -0.357 e. The summed E-state index contributed by atoms with van der Waals surface area (Å²) in [6.07, 6.45) is 4.97. The van der Waals surface area contributed by atoms with Gasteiger partial charge in [-0.25, -0.2) is 4.98 Å². The van der Waals surface area contributed by atoms with Crippen LogP contribution in [0, 0.1) is 0 Å². The summed E-state index contributed by atoms with van der Waals surface area (Å²) < 4.78 is 0. The molecule has 2 heterocycles. The molecule has 5 heteroatoms. The summed E-state index contributed by atoms with van der Waals surface area (Å²) in [5.41, 5.74) is 1.44. The number of H-pyrrole nitrogens is 2. The van der Waals surface area contributed by atoms with Crippen molar-refractivity contribution in [3.63, 3.8) is 0 Å². The van der Waals surface area contributed by atoms with E-state index in [0.29, 0.717) is 12.2 Å². The Morgan fingerprint density at radius 2 is 2.43 bits per heavy atom. The van der Waals surface area contributed by atoms with Gasteiger partial charge in [-0.05, 0) is 12.1 Å². The van der Waals surface area contributed by atoms with Gasteiger partial charge in [-0.3, -0.25) is 4.79 Å². The van der Waals surface area contributed by atoms with Gasteiger partial charge in [-0.1, -0.05) is 0 Å². The highest BCUT2D eigenvalue weighted by Gasteiger charge is 2.04. The van der Waals surface area contributed by atoms with Gasteiger partial charge in [0.2, 0.25) is 0 Å². The molecule has 0 radical (unpaired) electrons. The summed E-state index contributed by atoms with van der Waals surface area (Å²) in [6.45, 7) is 0.456. The lowest BCUT2D eigenvalue weighted by Gasteiger charge is -2.00. The Morgan fingerprint density at radius 1 is 1.50 bits per heavy atom. The van der Waals surface area contributed by atoms with Crippen LogP contribution in [0.3, 0.4) is 0 Å². The van der Waals surface area contributed by atoms with Crippen LogP contribution in [0.25, 0.3) is 0 Å². The third kappa shape index (κ3) is 1.82. The van der Waals surface area contributed by atoms with Gasteiger partial charge in [0.05, 0.1) is 18.6 Å². The van der Waals surface area contributed by atoms with Crippen molar-refractivity contribution in [3.8, 4) is 0 Å². The topological polar surface area (TPSA) is 73.6 Å². The molecule has 0 aliphatic heterocycles. The number of hydrogen-bond acceptors (Lipinski definition) is 2. The fourth-order valence-corrected chi connectivity index (χ4v) is 1.12. The van der Waals surface area contributed by atoms with Crippen LogP contribution in [-0.2, 0) is 6.54 Å². The average molecular weight is 190 g/mol. The number of imidazole rings is 1. The number of hydrogen-bond donors (Lipinski definition) is 3. The molecule has 0 aliphatic carbocycles. The largest absolute Gasteiger partial charge is 0.357 e. The Hall–Kier alpha value is -2.04. The van der Waals surface area contributed by atoms with Crippen LogP contribution < -0.4 is 5.32 Å². The second kappa shape index (κ2) is 3.78. The average Bonchev–Trinajstić information content (AvgIpc) is 2.87. The van der Waals surface area contributed by atoms with E-state index < -0.39 is 0 Å². The molecular weight excluding hydrogens is 180 g/mol. The van der Waals surface area contributed by atoms with Crippen LogP contribution in [0.4, 0.5) is 0 Å². The SMILES string of the molecule is O=C(NCc1cnc[nH]1)c1ccc[nH]1. The summed E-state index contributed by atoms with van der Waals surface area (Å²) >= 11 is 0. The Bertz CT molecular complexity index is 390. The Labute approximate surface area is 80.6 Å². The van der Waals surface area contributed by atoms with E-state index in [1.54, 1.807) is 30.9 Å². The van der Waals surface area contributed by atoms with Gasteiger partial charge in [0.25, 0.3) is 5.91 Å². The maximum atomic E-state index is 11.4. The van der Waals surface area contributed by atoms with Crippen LogP contribution in [0.15, 0.2) is 30.9 Å². The summed E-state index contributed by atoms with van der Waals surface area (Å²) in [6, 6.07) is 3.51. The molecule has 2 rings (SSSR count). The molecule has 0 saturated carbocycles. The van der Waals surface area contributed by atoms with Gasteiger partial charge >= 0.3 is 0 Å². The quantitative estimate of drug-likeness (QED) is 0.665. The molecule has 2 aromatic rings. The fourth-order valence-electron chi connectivity index (χ4n) is 1.12. The molecule has 72 valence electrons. The zero-order chi connectivity index (χ0) is 9.80. The maximum Gasteiger partial charge on any atom is 0.268 e. The molecule has 0 aliphatic rings. The second-order valence-corrected chi connectivity index (χ2v) is 2.84. The minimum absolute atomic E-state index is 0.121. The minimum atomic E-state index is -0.121. The number of nitrogens with zero attached hydrogens (tertiary/aromatic N) is 1. The van der Waals surface area contributed by atoms with Crippen molar-refractivity contribution in [2.75, 3.05) is 0 Å². The Morgan fingerprint density at radius 3 is 3.07 bits per heavy atom. The number of rotatable bonds is 3. The van der Waals surface area contributed by atoms with E-state index in [0.717, 1.165) is 5.69 Å². The van der Waals surface area contributed by atoms with Crippen molar-refractivity contribution in [3.05, 3.63) is 42.2 Å². The van der Waals surface area contributed by atoms with Crippen molar-refractivity contribution < 1.29 is 4.79 Å². The van der Waals surface area contributed by atoms with Crippen LogP contribution in [0.1, 0.15) is 16.2 Å². The van der Waals surface area contributed by atoms with Crippen LogP contribution in [0.2, 0.25) is 0 Å². The molecule has 3 N–H and O–H groups in total. The first kappa shape index (κ1) is 8.55. The summed E-state index contributed by atoms with van der Waals surface area (Å²) in [5.74, 6) is -0.121. The normalized spacial score (nSPS) is 10.0. The van der Waals surface area contributed by atoms with E-state index in [9.17, 15) is 4.79 Å². The summed E-state index contributed by atoms with van der Waals surface area (Å²) in [4.78, 5) is 21.0. The first-order valence-electron chi connectivity index (χ1n) is 4.25. The highest BCUT2D eigenvalue weighted by atomic mass is 16.1. The molecule has 2 aromatic heterocycles. The van der Waals surface area contributed by atoms with Crippen molar-refractivity contribution >= 4 is 5.91 Å². The van der Waals surface area contributed by atoms with E-state index in [-0.39, 0.29) is 5.91 Å². The number of nitrogens with one attached hydrogen (secondary N) is 3. The van der Waals surface area contributed by atoms with Gasteiger partial charge in [0.15, 0.2) is 0 Å². The van der Waals surface area contributed by atoms with Gasteiger partial charge in [-0.2, -0.15) is 0 Å². The number of carbonyl (C=O) groups excluding carboxylic acids is 1. The van der Waals surface area contributed by atoms with Gasteiger partial charge in [-0.15, -0.1) is 0 Å². The van der Waals surface area contributed by atoms with E-state index in [1.165, 1.54) is 0 Å². The molecule has 14 heavy (non-hydrogen) atoms. The predicted octanol–water partition coefficient (Wildman–Crippen LogP) is 0.668. The number of amides is 1. The van der Waals surface area contributed by atoms with Gasteiger partial charge in [0, 0.05) is 12.4 Å². The molecule has 1 amide bonds. The fraction of sp³-hybridized carbons (Fsp3) is 0.111. The summed E-state index contributed by atoms with van der Waals surface area (Å²) in [7, 11) is 0. The number of aromatic nitrogens is 3. The molecule has 0 aromatic carbocycles. The number of carbonyl (C=O) groups is 1. The molecular formula is C9H10N4O. The molecule has 0 atom stereocenters. The predicted molar refractivity (Wildman–Crippen MR) is 50.6 cm³/mol. The van der Waals surface area contributed by atoms with E-state index in [1.807, 2.05) is 0 Å². The van der Waals surface area contributed by atoms with Crippen LogP contribution >= 0.6 is 0 Å². The zero-order valence-electron chi connectivity index (χ0n) is 7.45. The van der Waals surface area contributed by atoms with Crippen molar-refractivity contribution in [1.29, 1.82) is 0 Å². The highest BCUT2D eigenvalue weighted by molar-refractivity contribution is 5.92. The molecule has 0 unspecified atom stereocenters. The molecule has 0 bridgehead atoms. The molecule has 0 fully saturated rings. The van der Waals surface area contributed by atoms with Crippen molar-refractivity contribution in [2.45, 2.75) is 6.54 Å². The van der Waals surface area contributed by atoms with E-state index >= 15 is 0 Å². The lowest BCUT2D eigenvalue weighted by atomic mass is 10.4. The van der Waals surface area contributed by atoms with Gasteiger partial charge in [0.1, 0.15) is 5.69 Å². The van der Waals surface area contributed by atoms with Gasteiger partial charge < -0.3 is 15.3 Å². The first-order valence-corrected chi connectivity index (χ1v) is 4.25. The number of aromatic amines is 2. The Kier molecular flexibility index (Phi) is 2.31. The smallest absolute Gasteiger partial charge is 0.268 e.